The van der Waals surface area contributed by atoms with Crippen LogP contribution in [0.2, 0.25) is 0 Å². The first-order valence-corrected chi connectivity index (χ1v) is 10.7. The van der Waals surface area contributed by atoms with Crippen LogP contribution < -0.4 is 5.32 Å². The minimum absolute atomic E-state index is 0.232. The molecule has 0 saturated carbocycles. The Morgan fingerprint density at radius 3 is 2.66 bits per heavy atom. The standard InChI is InChI=1S/C21H24N4O2S2/c1-13(2)16-6-4-15(5-7-16)10-18-20(27)25(21(28)29-18)14(3)19(26)23-9-8-17-11-22-12-24-17/h4-7,10-14H,8-9H2,1-3H3,(H,22,24)(H,23,26). The highest BCUT2D eigenvalue weighted by atomic mass is 32.2. The van der Waals surface area contributed by atoms with E-state index in [4.69, 9.17) is 12.2 Å². The van der Waals surface area contributed by atoms with Crippen LogP contribution in [0.15, 0.2) is 41.7 Å². The van der Waals surface area contributed by atoms with Crippen molar-refractivity contribution in [3.8, 4) is 0 Å². The lowest BCUT2D eigenvalue weighted by atomic mass is 10.0. The van der Waals surface area contributed by atoms with Crippen molar-refractivity contribution in [3.05, 3.63) is 58.5 Å². The lowest BCUT2D eigenvalue weighted by molar-refractivity contribution is -0.132. The van der Waals surface area contributed by atoms with Gasteiger partial charge in [-0.25, -0.2) is 4.98 Å². The van der Waals surface area contributed by atoms with E-state index in [-0.39, 0.29) is 11.8 Å². The molecule has 2 amide bonds. The number of amides is 2. The molecule has 0 bridgehead atoms. The van der Waals surface area contributed by atoms with E-state index in [1.807, 2.05) is 18.2 Å². The number of aromatic nitrogens is 2. The monoisotopic (exact) mass is 428 g/mol. The molecule has 152 valence electrons. The smallest absolute Gasteiger partial charge is 0.266 e. The van der Waals surface area contributed by atoms with Gasteiger partial charge in [-0.1, -0.05) is 62.1 Å². The van der Waals surface area contributed by atoms with Crippen molar-refractivity contribution in [1.29, 1.82) is 0 Å². The van der Waals surface area contributed by atoms with Gasteiger partial charge in [0.05, 0.1) is 11.2 Å². The Balaban J connectivity index is 1.63. The first-order chi connectivity index (χ1) is 13.9. The molecule has 0 spiro atoms. The molecule has 2 heterocycles. The summed E-state index contributed by atoms with van der Waals surface area (Å²) in [4.78, 5) is 34.2. The molecular weight excluding hydrogens is 404 g/mol. The summed E-state index contributed by atoms with van der Waals surface area (Å²) in [5.41, 5.74) is 3.12. The molecule has 1 aliphatic rings. The third kappa shape index (κ3) is 5.13. The number of nitrogens with one attached hydrogen (secondary N) is 2. The second-order valence-corrected chi connectivity index (χ2v) is 8.84. The van der Waals surface area contributed by atoms with Gasteiger partial charge in [0.25, 0.3) is 5.91 Å². The van der Waals surface area contributed by atoms with Gasteiger partial charge in [0.1, 0.15) is 10.4 Å². The van der Waals surface area contributed by atoms with Crippen LogP contribution in [-0.4, -0.2) is 43.6 Å². The zero-order valence-corrected chi connectivity index (χ0v) is 18.3. The average Bonchev–Trinajstić information content (AvgIpc) is 3.30. The molecule has 1 aromatic carbocycles. The summed E-state index contributed by atoms with van der Waals surface area (Å²) in [5, 5.41) is 2.85. The summed E-state index contributed by atoms with van der Waals surface area (Å²) in [6.07, 6.45) is 5.79. The zero-order valence-electron chi connectivity index (χ0n) is 16.6. The molecule has 2 aromatic rings. The van der Waals surface area contributed by atoms with E-state index >= 15 is 0 Å². The first kappa shape index (κ1) is 21.3. The van der Waals surface area contributed by atoms with Crippen molar-refractivity contribution in [3.63, 3.8) is 0 Å². The fraction of sp³-hybridized carbons (Fsp3) is 0.333. The largest absolute Gasteiger partial charge is 0.354 e. The first-order valence-electron chi connectivity index (χ1n) is 9.49. The van der Waals surface area contributed by atoms with Crippen LogP contribution in [0.3, 0.4) is 0 Å². The lowest BCUT2D eigenvalue weighted by Gasteiger charge is -2.22. The molecule has 1 aromatic heterocycles. The maximum Gasteiger partial charge on any atom is 0.266 e. The van der Waals surface area contributed by atoms with Gasteiger partial charge in [0.15, 0.2) is 0 Å². The number of carbonyl (C=O) groups excluding carboxylic acids is 2. The molecule has 2 N–H and O–H groups in total. The van der Waals surface area contributed by atoms with Gasteiger partial charge in [-0.2, -0.15) is 0 Å². The topological polar surface area (TPSA) is 78.1 Å². The highest BCUT2D eigenvalue weighted by Crippen LogP contribution is 2.34. The van der Waals surface area contributed by atoms with E-state index in [9.17, 15) is 9.59 Å². The summed E-state index contributed by atoms with van der Waals surface area (Å²) in [7, 11) is 0. The van der Waals surface area contributed by atoms with Gasteiger partial charge < -0.3 is 10.3 Å². The van der Waals surface area contributed by atoms with E-state index in [2.05, 4.69) is 41.3 Å². The molecule has 6 nitrogen and oxygen atoms in total. The highest BCUT2D eigenvalue weighted by Gasteiger charge is 2.38. The van der Waals surface area contributed by atoms with Crippen LogP contribution in [0.25, 0.3) is 6.08 Å². The summed E-state index contributed by atoms with van der Waals surface area (Å²) in [6, 6.07) is 7.44. The minimum Gasteiger partial charge on any atom is -0.354 e. The lowest BCUT2D eigenvalue weighted by Crippen LogP contribution is -2.47. The second-order valence-electron chi connectivity index (χ2n) is 7.17. The minimum atomic E-state index is -0.668. The van der Waals surface area contributed by atoms with Crippen LogP contribution in [0.4, 0.5) is 0 Å². The normalized spacial score (nSPS) is 16.7. The number of benzene rings is 1. The van der Waals surface area contributed by atoms with E-state index < -0.39 is 6.04 Å². The number of thioether (sulfide) groups is 1. The van der Waals surface area contributed by atoms with Crippen LogP contribution in [-0.2, 0) is 16.0 Å². The van der Waals surface area contributed by atoms with Crippen LogP contribution >= 0.6 is 24.0 Å². The fourth-order valence-electron chi connectivity index (χ4n) is 2.95. The Morgan fingerprint density at radius 2 is 2.03 bits per heavy atom. The van der Waals surface area contributed by atoms with E-state index in [1.54, 1.807) is 19.4 Å². The maximum atomic E-state index is 12.9. The van der Waals surface area contributed by atoms with Gasteiger partial charge in [0.2, 0.25) is 5.91 Å². The van der Waals surface area contributed by atoms with Crippen molar-refractivity contribution in [1.82, 2.24) is 20.2 Å². The third-order valence-corrected chi connectivity index (χ3v) is 6.07. The van der Waals surface area contributed by atoms with Gasteiger partial charge in [-0.05, 0) is 30.0 Å². The van der Waals surface area contributed by atoms with Crippen molar-refractivity contribution in [2.75, 3.05) is 6.54 Å². The Bertz CT molecular complexity index is 921. The molecule has 1 aliphatic heterocycles. The number of hydrogen-bond acceptors (Lipinski definition) is 5. The summed E-state index contributed by atoms with van der Waals surface area (Å²) >= 11 is 6.60. The maximum absolute atomic E-state index is 12.9. The predicted molar refractivity (Wildman–Crippen MR) is 120 cm³/mol. The Labute approximate surface area is 180 Å². The van der Waals surface area contributed by atoms with Crippen LogP contribution in [0.5, 0.6) is 0 Å². The number of nitrogens with zero attached hydrogens (tertiary/aromatic N) is 2. The van der Waals surface area contributed by atoms with Crippen molar-refractivity contribution >= 4 is 46.2 Å². The summed E-state index contributed by atoms with van der Waals surface area (Å²) in [6.45, 7) is 6.43. The molecule has 3 rings (SSSR count). The molecule has 29 heavy (non-hydrogen) atoms. The van der Waals surface area contributed by atoms with E-state index in [1.165, 1.54) is 22.2 Å². The number of rotatable bonds is 7. The molecule has 8 heteroatoms. The number of aromatic amines is 1. The van der Waals surface area contributed by atoms with Crippen LogP contribution in [0, 0.1) is 0 Å². The average molecular weight is 429 g/mol. The number of hydrogen-bond donors (Lipinski definition) is 2. The SMILES string of the molecule is CC(C)c1ccc(C=C2SC(=S)N(C(C)C(=O)NCCc3cnc[nH]3)C2=O)cc1. The Morgan fingerprint density at radius 1 is 1.31 bits per heavy atom. The van der Waals surface area contributed by atoms with E-state index in [0.29, 0.717) is 28.1 Å². The molecule has 1 fully saturated rings. The van der Waals surface area contributed by atoms with Gasteiger partial charge >= 0.3 is 0 Å². The highest BCUT2D eigenvalue weighted by molar-refractivity contribution is 8.26. The number of imidazole rings is 1. The van der Waals surface area contributed by atoms with Gasteiger partial charge in [-0.3, -0.25) is 14.5 Å². The summed E-state index contributed by atoms with van der Waals surface area (Å²) < 4.78 is 0.399. The number of carbonyl (C=O) groups is 2. The van der Waals surface area contributed by atoms with Gasteiger partial charge in [-0.15, -0.1) is 0 Å². The van der Waals surface area contributed by atoms with Crippen molar-refractivity contribution in [2.24, 2.45) is 0 Å². The third-order valence-electron chi connectivity index (χ3n) is 4.74. The Hall–Kier alpha value is -2.45. The van der Waals surface area contributed by atoms with Crippen molar-refractivity contribution in [2.45, 2.75) is 39.2 Å². The molecule has 1 unspecified atom stereocenters. The second kappa shape index (κ2) is 9.37. The molecule has 1 saturated heterocycles. The molecule has 1 atom stereocenters. The Kier molecular flexibility index (Phi) is 6.87. The summed E-state index contributed by atoms with van der Waals surface area (Å²) in [5.74, 6) is -0.0117. The molecule has 0 aliphatic carbocycles. The van der Waals surface area contributed by atoms with Gasteiger partial charge in [0, 0.05) is 24.9 Å². The number of thiocarbonyl (C=S) groups is 1. The quantitative estimate of drug-likeness (QED) is 0.521. The van der Waals surface area contributed by atoms with Crippen LogP contribution in [0.1, 0.15) is 43.5 Å². The molecule has 0 radical (unpaired) electrons. The number of H-pyrrole nitrogens is 1. The van der Waals surface area contributed by atoms with Crippen molar-refractivity contribution < 1.29 is 9.59 Å². The fourth-order valence-corrected chi connectivity index (χ4v) is 4.37. The van der Waals surface area contributed by atoms with E-state index in [0.717, 1.165) is 11.3 Å². The zero-order chi connectivity index (χ0) is 21.0. The predicted octanol–water partition coefficient (Wildman–Crippen LogP) is 3.48. The molecular formula is C21H24N4O2S2.